The minimum Gasteiger partial charge on any atom is -0.468 e. The quantitative estimate of drug-likeness (QED) is 0.646. The Labute approximate surface area is 73.7 Å². The summed E-state index contributed by atoms with van der Waals surface area (Å²) in [7, 11) is 1.34. The van der Waals surface area contributed by atoms with Crippen LogP contribution in [0.4, 0.5) is 0 Å². The first-order valence-corrected chi connectivity index (χ1v) is 3.30. The minimum atomic E-state index is -0.852. The molecule has 0 saturated heterocycles. The first-order valence-electron chi connectivity index (χ1n) is 3.30. The lowest BCUT2D eigenvalue weighted by atomic mass is 9.90. The van der Waals surface area contributed by atoms with Gasteiger partial charge in [-0.1, -0.05) is 13.8 Å². The topological polar surface area (TPSA) is 52.3 Å². The monoisotopic (exact) mass is 181 g/mol. The molecule has 0 unspecified atom stereocenters. The molecule has 0 fully saturated rings. The van der Waals surface area contributed by atoms with E-state index in [0.29, 0.717) is 0 Å². The van der Waals surface area contributed by atoms with Crippen molar-refractivity contribution in [2.24, 2.45) is 11.7 Å². The van der Waals surface area contributed by atoms with E-state index in [0.717, 1.165) is 0 Å². The van der Waals surface area contributed by atoms with Gasteiger partial charge in [-0.25, -0.2) is 0 Å². The summed E-state index contributed by atoms with van der Waals surface area (Å²) in [5.41, 5.74) is 4.79. The summed E-state index contributed by atoms with van der Waals surface area (Å²) in [4.78, 5) is 10.9. The van der Waals surface area contributed by atoms with E-state index in [2.05, 4.69) is 4.74 Å². The van der Waals surface area contributed by atoms with Crippen molar-refractivity contribution in [2.75, 3.05) is 7.11 Å². The molecule has 68 valence electrons. The molecule has 0 amide bonds. The van der Waals surface area contributed by atoms with Crippen molar-refractivity contribution < 1.29 is 9.53 Å². The molecule has 0 aromatic carbocycles. The van der Waals surface area contributed by atoms with Crippen molar-refractivity contribution in [2.45, 2.75) is 26.3 Å². The summed E-state index contributed by atoms with van der Waals surface area (Å²) in [6.07, 6.45) is 0. The van der Waals surface area contributed by atoms with E-state index in [1.165, 1.54) is 7.11 Å². The number of ether oxygens (including phenoxy) is 1. The first kappa shape index (κ1) is 13.3. The van der Waals surface area contributed by atoms with Crippen LogP contribution in [0.1, 0.15) is 20.8 Å². The fraction of sp³-hybridized carbons (Fsp3) is 0.857. The highest BCUT2D eigenvalue weighted by Crippen LogP contribution is 2.13. The van der Waals surface area contributed by atoms with Crippen molar-refractivity contribution in [1.82, 2.24) is 0 Å². The average Bonchev–Trinajstić information content (AvgIpc) is 1.86. The second-order valence-electron chi connectivity index (χ2n) is 2.93. The lowest BCUT2D eigenvalue weighted by Crippen LogP contribution is -2.50. The molecule has 0 aliphatic carbocycles. The number of carbonyl (C=O) groups is 1. The van der Waals surface area contributed by atoms with Crippen LogP contribution in [-0.2, 0) is 9.53 Å². The standard InChI is InChI=1S/C7H15NO2.ClH/c1-5(2)7(3,8)6(9)10-4;/h5H,8H2,1-4H3;1H/t7-;/m1./s1. The Balaban J connectivity index is 0. The number of halogens is 1. The molecule has 0 heterocycles. The molecule has 1 atom stereocenters. The van der Waals surface area contributed by atoms with E-state index >= 15 is 0 Å². The summed E-state index contributed by atoms with van der Waals surface area (Å²) in [5.74, 6) is -0.262. The highest BCUT2D eigenvalue weighted by Gasteiger charge is 2.32. The largest absolute Gasteiger partial charge is 0.468 e. The second kappa shape index (κ2) is 4.57. The number of hydrogen-bond donors (Lipinski definition) is 1. The van der Waals surface area contributed by atoms with Gasteiger partial charge in [0.05, 0.1) is 7.11 Å². The molecule has 0 spiro atoms. The van der Waals surface area contributed by atoms with Crippen LogP contribution in [0.3, 0.4) is 0 Å². The molecular weight excluding hydrogens is 166 g/mol. The van der Waals surface area contributed by atoms with Gasteiger partial charge in [0.25, 0.3) is 0 Å². The van der Waals surface area contributed by atoms with Gasteiger partial charge >= 0.3 is 5.97 Å². The molecule has 0 aliphatic heterocycles. The number of nitrogens with two attached hydrogens (primary N) is 1. The highest BCUT2D eigenvalue weighted by atomic mass is 35.5. The van der Waals surface area contributed by atoms with Gasteiger partial charge < -0.3 is 10.5 Å². The SMILES string of the molecule is COC(=O)[C@](C)(N)C(C)C.Cl. The molecule has 0 aromatic heterocycles. The van der Waals surface area contributed by atoms with E-state index in [1.54, 1.807) is 6.92 Å². The molecule has 11 heavy (non-hydrogen) atoms. The lowest BCUT2D eigenvalue weighted by Gasteiger charge is -2.25. The van der Waals surface area contributed by atoms with E-state index in [9.17, 15) is 4.79 Å². The lowest BCUT2D eigenvalue weighted by molar-refractivity contribution is -0.148. The molecule has 0 aliphatic rings. The summed E-state index contributed by atoms with van der Waals surface area (Å²) in [6, 6.07) is 0. The third kappa shape index (κ3) is 3.08. The van der Waals surface area contributed by atoms with Gasteiger partial charge in [-0.2, -0.15) is 0 Å². The third-order valence-electron chi connectivity index (χ3n) is 1.82. The van der Waals surface area contributed by atoms with Crippen LogP contribution in [0.5, 0.6) is 0 Å². The second-order valence-corrected chi connectivity index (χ2v) is 2.93. The van der Waals surface area contributed by atoms with Gasteiger partial charge in [-0.3, -0.25) is 4.79 Å². The average molecular weight is 182 g/mol. The predicted octanol–water partition coefficient (Wildman–Crippen LogP) is 0.955. The van der Waals surface area contributed by atoms with Gasteiger partial charge in [-0.05, 0) is 12.8 Å². The van der Waals surface area contributed by atoms with Crippen LogP contribution in [-0.4, -0.2) is 18.6 Å². The minimum absolute atomic E-state index is 0. The molecule has 0 aromatic rings. The Morgan fingerprint density at radius 1 is 1.55 bits per heavy atom. The summed E-state index contributed by atoms with van der Waals surface area (Å²) in [6.45, 7) is 5.44. The summed E-state index contributed by atoms with van der Waals surface area (Å²) in [5, 5.41) is 0. The molecule has 0 saturated carbocycles. The van der Waals surface area contributed by atoms with Crippen LogP contribution in [0, 0.1) is 5.92 Å². The van der Waals surface area contributed by atoms with Crippen LogP contribution in [0.15, 0.2) is 0 Å². The van der Waals surface area contributed by atoms with Gasteiger partial charge in [0.2, 0.25) is 0 Å². The number of hydrogen-bond acceptors (Lipinski definition) is 3. The zero-order chi connectivity index (χ0) is 8.36. The number of methoxy groups -OCH3 is 1. The predicted molar refractivity (Wildman–Crippen MR) is 46.7 cm³/mol. The van der Waals surface area contributed by atoms with Crippen molar-refractivity contribution in [1.29, 1.82) is 0 Å². The Morgan fingerprint density at radius 2 is 1.91 bits per heavy atom. The Morgan fingerprint density at radius 3 is 2.00 bits per heavy atom. The smallest absolute Gasteiger partial charge is 0.325 e. The zero-order valence-electron chi connectivity index (χ0n) is 7.38. The maximum Gasteiger partial charge on any atom is 0.325 e. The van der Waals surface area contributed by atoms with Gasteiger partial charge in [0.1, 0.15) is 5.54 Å². The Kier molecular flexibility index (Phi) is 5.53. The number of esters is 1. The van der Waals surface area contributed by atoms with Crippen LogP contribution in [0.25, 0.3) is 0 Å². The van der Waals surface area contributed by atoms with Crippen molar-refractivity contribution in [3.8, 4) is 0 Å². The molecule has 0 bridgehead atoms. The molecule has 0 rings (SSSR count). The number of rotatable bonds is 2. The van der Waals surface area contributed by atoms with Crippen LogP contribution >= 0.6 is 12.4 Å². The fourth-order valence-corrected chi connectivity index (χ4v) is 0.456. The molecule has 0 radical (unpaired) electrons. The fourth-order valence-electron chi connectivity index (χ4n) is 0.456. The third-order valence-corrected chi connectivity index (χ3v) is 1.82. The van der Waals surface area contributed by atoms with E-state index in [-0.39, 0.29) is 24.3 Å². The highest BCUT2D eigenvalue weighted by molar-refractivity contribution is 5.85. The first-order chi connectivity index (χ1) is 4.42. The summed E-state index contributed by atoms with van der Waals surface area (Å²) < 4.78 is 4.51. The Hall–Kier alpha value is -0.280. The van der Waals surface area contributed by atoms with E-state index in [4.69, 9.17) is 5.73 Å². The van der Waals surface area contributed by atoms with Gasteiger partial charge in [0, 0.05) is 0 Å². The summed E-state index contributed by atoms with van der Waals surface area (Å²) >= 11 is 0. The zero-order valence-corrected chi connectivity index (χ0v) is 8.20. The number of carbonyl (C=O) groups excluding carboxylic acids is 1. The van der Waals surface area contributed by atoms with Crippen LogP contribution in [0.2, 0.25) is 0 Å². The maximum absolute atomic E-state index is 10.9. The normalized spacial score (nSPS) is 15.1. The van der Waals surface area contributed by atoms with Crippen LogP contribution < -0.4 is 5.73 Å². The van der Waals surface area contributed by atoms with Crippen molar-refractivity contribution >= 4 is 18.4 Å². The maximum atomic E-state index is 10.9. The van der Waals surface area contributed by atoms with Gasteiger partial charge in [-0.15, -0.1) is 12.4 Å². The van der Waals surface area contributed by atoms with E-state index < -0.39 is 5.54 Å². The van der Waals surface area contributed by atoms with E-state index in [1.807, 2.05) is 13.8 Å². The molecule has 3 nitrogen and oxygen atoms in total. The van der Waals surface area contributed by atoms with Crippen molar-refractivity contribution in [3.63, 3.8) is 0 Å². The van der Waals surface area contributed by atoms with Gasteiger partial charge in [0.15, 0.2) is 0 Å². The van der Waals surface area contributed by atoms with Crippen molar-refractivity contribution in [3.05, 3.63) is 0 Å². The Bertz CT molecular complexity index is 134. The molecule has 2 N–H and O–H groups in total. The molecule has 4 heteroatoms. The molecular formula is C7H16ClNO2.